The van der Waals surface area contributed by atoms with Crippen LogP contribution in [0.2, 0.25) is 0 Å². The Hall–Kier alpha value is -2.78. The number of hydrogen-bond donors (Lipinski definition) is 0. The molecule has 0 amide bonds. The molecule has 106 valence electrons. The van der Waals surface area contributed by atoms with Gasteiger partial charge in [0.05, 0.1) is 0 Å². The molecule has 0 aliphatic carbocycles. The Morgan fingerprint density at radius 2 is 1.62 bits per heavy atom. The van der Waals surface area contributed by atoms with Crippen molar-refractivity contribution in [3.63, 3.8) is 0 Å². The molecule has 21 heavy (non-hydrogen) atoms. The minimum atomic E-state index is 0.583. The molecule has 0 saturated heterocycles. The quantitative estimate of drug-likeness (QED) is 0.554. The van der Waals surface area contributed by atoms with Gasteiger partial charge in [-0.25, -0.2) is 0 Å². The summed E-state index contributed by atoms with van der Waals surface area (Å²) in [6.07, 6.45) is 5.34. The van der Waals surface area contributed by atoms with Gasteiger partial charge in [0.2, 0.25) is 5.39 Å². The maximum Gasteiger partial charge on any atom is 0.388 e. The number of rotatable bonds is 2. The summed E-state index contributed by atoms with van der Waals surface area (Å²) in [7, 11) is 1.98. The summed E-state index contributed by atoms with van der Waals surface area (Å²) in [5, 5.41) is 8.82. The lowest BCUT2D eigenvalue weighted by Gasteiger charge is -2.19. The van der Waals surface area contributed by atoms with Crippen molar-refractivity contribution in [2.24, 2.45) is 0 Å². The number of benzene rings is 2. The maximum atomic E-state index is 8.82. The molecule has 0 aromatic heterocycles. The molecule has 0 heterocycles. The standard InChI is InChI=1S/C16H14N3.C2H6/c1-4-13-5-7-14(8-6-13)19(3)15-9-10-16(18-17)12(2)11-15;1-2/h1,5-11H,2-3H3;1-2H3/q+1;. The summed E-state index contributed by atoms with van der Waals surface area (Å²) in [6.45, 7) is 5.91. The highest BCUT2D eigenvalue weighted by Gasteiger charge is 2.12. The molecule has 0 fully saturated rings. The Balaban J connectivity index is 0.00000106. The van der Waals surface area contributed by atoms with Crippen LogP contribution in [0, 0.1) is 24.7 Å². The lowest BCUT2D eigenvalue weighted by atomic mass is 10.1. The molecule has 0 saturated carbocycles. The normalized spacial score (nSPS) is 8.86. The van der Waals surface area contributed by atoms with E-state index >= 15 is 0 Å². The van der Waals surface area contributed by atoms with Gasteiger partial charge in [0.1, 0.15) is 0 Å². The van der Waals surface area contributed by atoms with E-state index in [4.69, 9.17) is 11.8 Å². The highest BCUT2D eigenvalue weighted by Crippen LogP contribution is 2.28. The van der Waals surface area contributed by atoms with Gasteiger partial charge in [0, 0.05) is 35.6 Å². The van der Waals surface area contributed by atoms with Crippen LogP contribution in [0.25, 0.3) is 4.98 Å². The summed E-state index contributed by atoms with van der Waals surface area (Å²) in [5.74, 6) is 2.60. The van der Waals surface area contributed by atoms with E-state index in [2.05, 4.69) is 15.8 Å². The first-order valence-electron chi connectivity index (χ1n) is 6.92. The maximum absolute atomic E-state index is 8.82. The number of diazo groups is 1. The highest BCUT2D eigenvalue weighted by atomic mass is 15.1. The van der Waals surface area contributed by atoms with Crippen LogP contribution in [0.5, 0.6) is 0 Å². The van der Waals surface area contributed by atoms with Gasteiger partial charge in [0.15, 0.2) is 4.98 Å². The molecule has 0 aliphatic heterocycles. The van der Waals surface area contributed by atoms with E-state index < -0.39 is 0 Å². The number of anilines is 2. The fraction of sp³-hybridized carbons (Fsp3) is 0.222. The monoisotopic (exact) mass is 278 g/mol. The second-order valence-corrected chi connectivity index (χ2v) is 4.32. The minimum Gasteiger partial charge on any atom is -0.345 e. The number of hydrogen-bond acceptors (Lipinski definition) is 2. The van der Waals surface area contributed by atoms with Crippen molar-refractivity contribution in [3.8, 4) is 12.3 Å². The van der Waals surface area contributed by atoms with Crippen molar-refractivity contribution in [2.45, 2.75) is 20.8 Å². The Morgan fingerprint density at radius 3 is 2.10 bits per heavy atom. The summed E-state index contributed by atoms with van der Waals surface area (Å²) in [6, 6.07) is 13.5. The predicted molar refractivity (Wildman–Crippen MR) is 89.7 cm³/mol. The summed E-state index contributed by atoms with van der Waals surface area (Å²) >= 11 is 0. The van der Waals surface area contributed by atoms with Crippen molar-refractivity contribution in [3.05, 3.63) is 58.6 Å². The first-order valence-corrected chi connectivity index (χ1v) is 6.92. The SMILES string of the molecule is C#Cc1ccc(N(C)c2ccc([N+]#N)c(C)c2)cc1.CC. The Labute approximate surface area is 126 Å². The van der Waals surface area contributed by atoms with Gasteiger partial charge < -0.3 is 4.90 Å². The Bertz CT molecular complexity index is 673. The lowest BCUT2D eigenvalue weighted by Crippen LogP contribution is -2.09. The number of aryl methyl sites for hydroxylation is 1. The van der Waals surface area contributed by atoms with E-state index in [1.165, 1.54) is 0 Å². The molecule has 2 rings (SSSR count). The Kier molecular flexibility index (Phi) is 5.99. The lowest BCUT2D eigenvalue weighted by molar-refractivity contribution is 1.20. The van der Waals surface area contributed by atoms with Crippen LogP contribution in [0.3, 0.4) is 0 Å². The van der Waals surface area contributed by atoms with Gasteiger partial charge in [-0.15, -0.1) is 6.42 Å². The van der Waals surface area contributed by atoms with Crippen molar-refractivity contribution in [1.29, 1.82) is 5.39 Å². The topological polar surface area (TPSA) is 31.4 Å². The van der Waals surface area contributed by atoms with Crippen LogP contribution in [0.4, 0.5) is 17.1 Å². The zero-order valence-corrected chi connectivity index (χ0v) is 13.0. The second-order valence-electron chi connectivity index (χ2n) is 4.32. The molecule has 0 bridgehead atoms. The zero-order valence-electron chi connectivity index (χ0n) is 13.0. The van der Waals surface area contributed by atoms with E-state index in [9.17, 15) is 0 Å². The van der Waals surface area contributed by atoms with E-state index in [1.54, 1.807) is 6.07 Å². The van der Waals surface area contributed by atoms with Crippen molar-refractivity contribution in [1.82, 2.24) is 0 Å². The van der Waals surface area contributed by atoms with E-state index in [0.717, 1.165) is 22.5 Å². The van der Waals surface area contributed by atoms with E-state index in [0.29, 0.717) is 5.69 Å². The van der Waals surface area contributed by atoms with E-state index in [1.807, 2.05) is 64.2 Å². The van der Waals surface area contributed by atoms with Gasteiger partial charge in [-0.2, -0.15) is 0 Å². The van der Waals surface area contributed by atoms with Gasteiger partial charge >= 0.3 is 5.69 Å². The number of terminal acetylenes is 1. The van der Waals surface area contributed by atoms with Crippen molar-refractivity contribution >= 4 is 17.1 Å². The fourth-order valence-electron chi connectivity index (χ4n) is 1.89. The zero-order chi connectivity index (χ0) is 15.8. The smallest absolute Gasteiger partial charge is 0.345 e. The third-order valence-corrected chi connectivity index (χ3v) is 3.10. The predicted octanol–water partition coefficient (Wildman–Crippen LogP) is 5.26. The van der Waals surface area contributed by atoms with Crippen molar-refractivity contribution in [2.75, 3.05) is 11.9 Å². The molecule has 0 radical (unpaired) electrons. The van der Waals surface area contributed by atoms with Crippen LogP contribution in [0.1, 0.15) is 25.0 Å². The summed E-state index contributed by atoms with van der Waals surface area (Å²) in [5.41, 5.74) is 4.44. The van der Waals surface area contributed by atoms with Crippen LogP contribution in [-0.4, -0.2) is 7.05 Å². The first kappa shape index (κ1) is 16.3. The highest BCUT2D eigenvalue weighted by molar-refractivity contribution is 5.67. The van der Waals surface area contributed by atoms with Gasteiger partial charge in [-0.1, -0.05) is 19.8 Å². The molecule has 0 unspecified atom stereocenters. The van der Waals surface area contributed by atoms with Crippen LogP contribution < -0.4 is 4.90 Å². The molecule has 0 N–H and O–H groups in total. The largest absolute Gasteiger partial charge is 0.388 e. The van der Waals surface area contributed by atoms with Gasteiger partial charge in [0.25, 0.3) is 0 Å². The third-order valence-electron chi connectivity index (χ3n) is 3.10. The van der Waals surface area contributed by atoms with E-state index in [-0.39, 0.29) is 0 Å². The Morgan fingerprint density at radius 1 is 1.05 bits per heavy atom. The first-order chi connectivity index (χ1) is 10.2. The molecule has 0 aliphatic rings. The van der Waals surface area contributed by atoms with Crippen LogP contribution in [0.15, 0.2) is 42.5 Å². The molecule has 2 aromatic rings. The van der Waals surface area contributed by atoms with Gasteiger partial charge in [-0.05, 0) is 43.3 Å². The third kappa shape index (κ3) is 3.84. The fourth-order valence-corrected chi connectivity index (χ4v) is 1.89. The van der Waals surface area contributed by atoms with Gasteiger partial charge in [-0.3, -0.25) is 0 Å². The van der Waals surface area contributed by atoms with Crippen LogP contribution in [-0.2, 0) is 0 Å². The molecule has 0 spiro atoms. The average molecular weight is 278 g/mol. The molecule has 0 atom stereocenters. The van der Waals surface area contributed by atoms with Crippen molar-refractivity contribution < 1.29 is 0 Å². The molecular weight excluding hydrogens is 258 g/mol. The number of nitrogens with zero attached hydrogens (tertiary/aromatic N) is 3. The second kappa shape index (κ2) is 7.72. The average Bonchev–Trinajstić information content (AvgIpc) is 2.56. The molecule has 3 nitrogen and oxygen atoms in total. The van der Waals surface area contributed by atoms with Crippen LogP contribution >= 0.6 is 0 Å². The summed E-state index contributed by atoms with van der Waals surface area (Å²) < 4.78 is 0. The summed E-state index contributed by atoms with van der Waals surface area (Å²) in [4.78, 5) is 5.28. The minimum absolute atomic E-state index is 0.583. The molecule has 2 aromatic carbocycles. The molecular formula is C18H20N3+. The molecule has 3 heteroatoms.